The Morgan fingerprint density at radius 1 is 1.35 bits per heavy atom. The monoisotopic (exact) mass is 291 g/mol. The standard InChI is InChI=1S/C15H17NO3S/c17-14(18)10-20-8-7-16-15(19)13-6-5-11-3-1-2-4-12(11)9-13/h1,3,5-6,9H,2,4,7-8,10H2,(H,16,19)(H,17,18). The Morgan fingerprint density at radius 3 is 3.00 bits per heavy atom. The third-order valence-electron chi connectivity index (χ3n) is 3.04. The predicted octanol–water partition coefficient (Wildman–Crippen LogP) is 2.19. The van der Waals surface area contributed by atoms with Gasteiger partial charge < -0.3 is 10.4 Å². The van der Waals surface area contributed by atoms with Gasteiger partial charge in [-0.15, -0.1) is 11.8 Å². The average Bonchev–Trinajstić information content (AvgIpc) is 2.46. The van der Waals surface area contributed by atoms with E-state index in [1.165, 1.54) is 22.9 Å². The molecule has 0 saturated carbocycles. The number of carboxylic acids is 1. The highest BCUT2D eigenvalue weighted by Crippen LogP contribution is 2.20. The fourth-order valence-corrected chi connectivity index (χ4v) is 2.64. The number of thioether (sulfide) groups is 1. The molecule has 0 radical (unpaired) electrons. The Balaban J connectivity index is 1.83. The first-order chi connectivity index (χ1) is 9.66. The van der Waals surface area contributed by atoms with E-state index in [0.29, 0.717) is 17.9 Å². The summed E-state index contributed by atoms with van der Waals surface area (Å²) in [4.78, 5) is 22.3. The van der Waals surface area contributed by atoms with Crippen molar-refractivity contribution in [2.75, 3.05) is 18.1 Å². The summed E-state index contributed by atoms with van der Waals surface area (Å²) < 4.78 is 0. The highest BCUT2D eigenvalue weighted by molar-refractivity contribution is 7.99. The summed E-state index contributed by atoms with van der Waals surface area (Å²) in [5, 5.41) is 11.3. The number of carboxylic acid groups (broad SMARTS) is 1. The lowest BCUT2D eigenvalue weighted by Crippen LogP contribution is -2.26. The molecule has 0 heterocycles. The molecule has 2 rings (SSSR count). The Bertz CT molecular complexity index is 540. The van der Waals surface area contributed by atoms with Crippen LogP contribution >= 0.6 is 11.8 Å². The van der Waals surface area contributed by atoms with Crippen LogP contribution in [0.15, 0.2) is 24.3 Å². The molecule has 1 aliphatic carbocycles. The van der Waals surface area contributed by atoms with Crippen molar-refractivity contribution in [2.45, 2.75) is 12.8 Å². The molecule has 1 amide bonds. The van der Waals surface area contributed by atoms with E-state index in [0.717, 1.165) is 12.8 Å². The van der Waals surface area contributed by atoms with E-state index < -0.39 is 5.97 Å². The molecule has 20 heavy (non-hydrogen) atoms. The summed E-state index contributed by atoms with van der Waals surface area (Å²) in [5.74, 6) is -0.255. The number of aryl methyl sites for hydroxylation is 1. The van der Waals surface area contributed by atoms with E-state index in [1.54, 1.807) is 0 Å². The Morgan fingerprint density at radius 2 is 2.20 bits per heavy atom. The quantitative estimate of drug-likeness (QED) is 0.789. The molecule has 1 aliphatic rings. The first-order valence-electron chi connectivity index (χ1n) is 6.54. The van der Waals surface area contributed by atoms with Gasteiger partial charge in [0.15, 0.2) is 0 Å². The zero-order valence-electron chi connectivity index (χ0n) is 11.1. The largest absolute Gasteiger partial charge is 0.481 e. The maximum atomic E-state index is 12.0. The van der Waals surface area contributed by atoms with Crippen LogP contribution in [0.3, 0.4) is 0 Å². The van der Waals surface area contributed by atoms with Crippen LogP contribution in [0.2, 0.25) is 0 Å². The number of allylic oxidation sites excluding steroid dienone is 1. The van der Waals surface area contributed by atoms with Crippen molar-refractivity contribution in [3.63, 3.8) is 0 Å². The maximum Gasteiger partial charge on any atom is 0.313 e. The summed E-state index contributed by atoms with van der Waals surface area (Å²) in [7, 11) is 0. The molecule has 1 aromatic rings. The molecule has 1 aromatic carbocycles. The molecule has 0 fully saturated rings. The molecule has 5 heteroatoms. The Labute approximate surface area is 122 Å². The van der Waals surface area contributed by atoms with Gasteiger partial charge in [-0.2, -0.15) is 0 Å². The minimum absolute atomic E-state index is 0.0705. The smallest absolute Gasteiger partial charge is 0.313 e. The van der Waals surface area contributed by atoms with Crippen LogP contribution in [0, 0.1) is 0 Å². The second-order valence-electron chi connectivity index (χ2n) is 4.56. The van der Waals surface area contributed by atoms with E-state index in [-0.39, 0.29) is 11.7 Å². The lowest BCUT2D eigenvalue weighted by molar-refractivity contribution is -0.133. The molecule has 0 bridgehead atoms. The summed E-state index contributed by atoms with van der Waals surface area (Å²) in [6.07, 6.45) is 6.22. The minimum Gasteiger partial charge on any atom is -0.481 e. The number of nitrogens with one attached hydrogen (secondary N) is 1. The van der Waals surface area contributed by atoms with Crippen LogP contribution < -0.4 is 5.32 Å². The van der Waals surface area contributed by atoms with E-state index >= 15 is 0 Å². The third kappa shape index (κ3) is 4.13. The average molecular weight is 291 g/mol. The SMILES string of the molecule is O=C(O)CSCCNC(=O)c1ccc2c(c1)CCC=C2. The van der Waals surface area contributed by atoms with Gasteiger partial charge in [0.1, 0.15) is 0 Å². The summed E-state index contributed by atoms with van der Waals surface area (Å²) in [6, 6.07) is 5.74. The molecule has 4 nitrogen and oxygen atoms in total. The van der Waals surface area contributed by atoms with Crippen LogP contribution in [-0.2, 0) is 11.2 Å². The summed E-state index contributed by atoms with van der Waals surface area (Å²) in [5.41, 5.74) is 3.06. The fourth-order valence-electron chi connectivity index (χ4n) is 2.07. The van der Waals surface area contributed by atoms with Crippen molar-refractivity contribution in [2.24, 2.45) is 0 Å². The number of amides is 1. The first kappa shape index (κ1) is 14.7. The number of fused-ring (bicyclic) bond motifs is 1. The number of carbonyl (C=O) groups is 2. The van der Waals surface area contributed by atoms with Crippen molar-refractivity contribution in [3.8, 4) is 0 Å². The molecule has 0 aliphatic heterocycles. The van der Waals surface area contributed by atoms with Gasteiger partial charge in [0.25, 0.3) is 5.91 Å². The molecule has 106 valence electrons. The molecule has 0 spiro atoms. The Hall–Kier alpha value is -1.75. The van der Waals surface area contributed by atoms with Gasteiger partial charge >= 0.3 is 5.97 Å². The normalized spacial score (nSPS) is 12.8. The molecular formula is C15H17NO3S. The molecule has 0 unspecified atom stereocenters. The summed E-state index contributed by atoms with van der Waals surface area (Å²) in [6.45, 7) is 0.480. The van der Waals surface area contributed by atoms with Gasteiger partial charge in [-0.3, -0.25) is 9.59 Å². The lowest BCUT2D eigenvalue weighted by Gasteiger charge is -2.12. The number of hydrogen-bond donors (Lipinski definition) is 2. The van der Waals surface area contributed by atoms with Gasteiger partial charge in [0, 0.05) is 17.9 Å². The highest BCUT2D eigenvalue weighted by Gasteiger charge is 2.10. The zero-order valence-corrected chi connectivity index (χ0v) is 11.9. The molecule has 0 atom stereocenters. The highest BCUT2D eigenvalue weighted by atomic mass is 32.2. The lowest BCUT2D eigenvalue weighted by atomic mass is 9.95. The second-order valence-corrected chi connectivity index (χ2v) is 5.66. The third-order valence-corrected chi connectivity index (χ3v) is 3.98. The van der Waals surface area contributed by atoms with Crippen LogP contribution in [0.4, 0.5) is 0 Å². The van der Waals surface area contributed by atoms with Crippen LogP contribution in [0.25, 0.3) is 6.08 Å². The predicted molar refractivity (Wildman–Crippen MR) is 81.1 cm³/mol. The zero-order chi connectivity index (χ0) is 14.4. The van der Waals surface area contributed by atoms with Crippen molar-refractivity contribution in [1.82, 2.24) is 5.32 Å². The minimum atomic E-state index is -0.830. The van der Waals surface area contributed by atoms with Crippen molar-refractivity contribution < 1.29 is 14.7 Å². The molecule has 0 aromatic heterocycles. The second kappa shape index (κ2) is 7.14. The van der Waals surface area contributed by atoms with Crippen molar-refractivity contribution in [1.29, 1.82) is 0 Å². The molecule has 2 N–H and O–H groups in total. The van der Waals surface area contributed by atoms with Crippen LogP contribution in [0.1, 0.15) is 27.9 Å². The number of aliphatic carboxylic acids is 1. The molecular weight excluding hydrogens is 274 g/mol. The van der Waals surface area contributed by atoms with Crippen molar-refractivity contribution in [3.05, 3.63) is 41.0 Å². The van der Waals surface area contributed by atoms with Gasteiger partial charge in [0.05, 0.1) is 5.75 Å². The molecule has 0 saturated heterocycles. The summed E-state index contributed by atoms with van der Waals surface area (Å²) >= 11 is 1.30. The number of benzene rings is 1. The first-order valence-corrected chi connectivity index (χ1v) is 7.69. The van der Waals surface area contributed by atoms with Gasteiger partial charge in [-0.25, -0.2) is 0 Å². The van der Waals surface area contributed by atoms with Gasteiger partial charge in [0.2, 0.25) is 0 Å². The van der Waals surface area contributed by atoms with E-state index in [4.69, 9.17) is 5.11 Å². The Kier molecular flexibility index (Phi) is 5.24. The van der Waals surface area contributed by atoms with E-state index in [9.17, 15) is 9.59 Å². The van der Waals surface area contributed by atoms with Crippen LogP contribution in [0.5, 0.6) is 0 Å². The van der Waals surface area contributed by atoms with Gasteiger partial charge in [-0.1, -0.05) is 18.2 Å². The fraction of sp³-hybridized carbons (Fsp3) is 0.333. The van der Waals surface area contributed by atoms with Gasteiger partial charge in [-0.05, 0) is 36.1 Å². The van der Waals surface area contributed by atoms with E-state index in [1.807, 2.05) is 18.2 Å². The number of carbonyl (C=O) groups excluding carboxylic acids is 1. The number of rotatable bonds is 6. The van der Waals surface area contributed by atoms with Crippen LogP contribution in [-0.4, -0.2) is 35.0 Å². The maximum absolute atomic E-state index is 12.0. The van der Waals surface area contributed by atoms with E-state index in [2.05, 4.69) is 17.5 Å². The number of hydrogen-bond acceptors (Lipinski definition) is 3. The van der Waals surface area contributed by atoms with Crippen molar-refractivity contribution >= 4 is 29.7 Å². The topological polar surface area (TPSA) is 66.4 Å².